The summed E-state index contributed by atoms with van der Waals surface area (Å²) < 4.78 is 28.1. The number of rotatable bonds is 4. The molecule has 1 aromatic carbocycles. The van der Waals surface area contributed by atoms with Gasteiger partial charge < -0.3 is 0 Å². The van der Waals surface area contributed by atoms with Crippen LogP contribution in [0.3, 0.4) is 0 Å². The summed E-state index contributed by atoms with van der Waals surface area (Å²) in [4.78, 5) is 18.9. The minimum absolute atomic E-state index is 0.106. The molecule has 0 saturated heterocycles. The Labute approximate surface area is 167 Å². The van der Waals surface area contributed by atoms with Crippen LogP contribution in [0.25, 0.3) is 21.9 Å². The fourth-order valence-electron chi connectivity index (χ4n) is 4.27. The standard InChI is InChI=1S/C22H22F2N4O/c1-27-4-5-28-20(13-27)19(12-26-28)14-2-3-15-11-25-18(7-16(15)6-14)8-21(29)17-9-22(23,24)10-17/h2-3,6-7,11-12,17H,4-5,8-10,13H2,1H3. The highest BCUT2D eigenvalue weighted by Gasteiger charge is 2.48. The van der Waals surface area contributed by atoms with Crippen molar-refractivity contribution in [3.8, 4) is 11.1 Å². The first-order chi connectivity index (χ1) is 13.9. The highest BCUT2D eigenvalue weighted by atomic mass is 19.3. The van der Waals surface area contributed by atoms with E-state index in [1.165, 1.54) is 5.69 Å². The minimum atomic E-state index is -2.68. The molecule has 0 amide bonds. The van der Waals surface area contributed by atoms with Crippen molar-refractivity contribution >= 4 is 16.6 Å². The Bertz CT molecular complexity index is 1100. The van der Waals surface area contributed by atoms with Gasteiger partial charge in [-0.2, -0.15) is 5.10 Å². The first kappa shape index (κ1) is 18.4. The van der Waals surface area contributed by atoms with Crippen molar-refractivity contribution in [1.29, 1.82) is 0 Å². The molecule has 150 valence electrons. The Kier molecular flexibility index (Phi) is 4.24. The first-order valence-corrected chi connectivity index (χ1v) is 9.91. The number of benzene rings is 1. The molecule has 1 aliphatic heterocycles. The lowest BCUT2D eigenvalue weighted by Crippen LogP contribution is -2.40. The molecule has 0 atom stereocenters. The van der Waals surface area contributed by atoms with E-state index < -0.39 is 11.8 Å². The van der Waals surface area contributed by atoms with Gasteiger partial charge in [-0.15, -0.1) is 0 Å². The summed E-state index contributed by atoms with van der Waals surface area (Å²) in [5, 5.41) is 6.50. The van der Waals surface area contributed by atoms with Gasteiger partial charge in [0.25, 0.3) is 0 Å². The molecule has 0 radical (unpaired) electrons. The Morgan fingerprint density at radius 1 is 1.17 bits per heavy atom. The molecule has 1 aliphatic carbocycles. The molecule has 1 saturated carbocycles. The van der Waals surface area contributed by atoms with Crippen LogP contribution in [0.1, 0.15) is 24.2 Å². The first-order valence-electron chi connectivity index (χ1n) is 9.91. The van der Waals surface area contributed by atoms with Crippen molar-refractivity contribution in [2.24, 2.45) is 5.92 Å². The highest BCUT2D eigenvalue weighted by Crippen LogP contribution is 2.43. The van der Waals surface area contributed by atoms with E-state index in [2.05, 4.69) is 38.8 Å². The Hall–Kier alpha value is -2.67. The van der Waals surface area contributed by atoms with Gasteiger partial charge in [0, 0.05) is 61.1 Å². The minimum Gasteiger partial charge on any atom is -0.299 e. The average Bonchev–Trinajstić information content (AvgIpc) is 3.08. The van der Waals surface area contributed by atoms with Gasteiger partial charge in [-0.25, -0.2) is 8.78 Å². The monoisotopic (exact) mass is 396 g/mol. The van der Waals surface area contributed by atoms with Gasteiger partial charge in [0.05, 0.1) is 18.4 Å². The van der Waals surface area contributed by atoms with E-state index in [4.69, 9.17) is 0 Å². The molecule has 3 aromatic rings. The highest BCUT2D eigenvalue weighted by molar-refractivity contribution is 5.89. The van der Waals surface area contributed by atoms with Crippen LogP contribution in [0.2, 0.25) is 0 Å². The molecule has 5 nitrogen and oxygen atoms in total. The molecule has 0 unspecified atom stereocenters. The fourth-order valence-corrected chi connectivity index (χ4v) is 4.27. The molecule has 0 spiro atoms. The van der Waals surface area contributed by atoms with Crippen molar-refractivity contribution in [3.05, 3.63) is 48.0 Å². The maximum Gasteiger partial charge on any atom is 0.249 e. The number of hydrogen-bond donors (Lipinski definition) is 0. The molecular weight excluding hydrogens is 374 g/mol. The zero-order valence-electron chi connectivity index (χ0n) is 16.2. The number of nitrogens with zero attached hydrogens (tertiary/aromatic N) is 4. The number of aromatic nitrogens is 3. The number of Topliss-reactive ketones (excluding diaryl/α,β-unsaturated/α-hetero) is 1. The second-order valence-electron chi connectivity index (χ2n) is 8.31. The maximum atomic E-state index is 13.0. The van der Waals surface area contributed by atoms with E-state index in [1.807, 2.05) is 18.3 Å². The zero-order chi connectivity index (χ0) is 20.2. The van der Waals surface area contributed by atoms with Gasteiger partial charge in [-0.3, -0.25) is 19.4 Å². The lowest BCUT2D eigenvalue weighted by atomic mass is 9.77. The van der Waals surface area contributed by atoms with Crippen molar-refractivity contribution in [2.45, 2.75) is 38.3 Å². The van der Waals surface area contributed by atoms with Gasteiger partial charge in [0.1, 0.15) is 5.78 Å². The van der Waals surface area contributed by atoms with Crippen LogP contribution < -0.4 is 0 Å². The topological polar surface area (TPSA) is 51.0 Å². The SMILES string of the molecule is CN1CCn2ncc(-c3ccc4cnc(CC(=O)C5CC(F)(F)C5)cc4c3)c2C1. The van der Waals surface area contributed by atoms with E-state index in [1.54, 1.807) is 6.20 Å². The predicted octanol–water partition coefficient (Wildman–Crippen LogP) is 3.70. The van der Waals surface area contributed by atoms with Crippen LogP contribution in [-0.2, 0) is 24.3 Å². The molecule has 7 heteroatoms. The normalized spacial score (nSPS) is 19.1. The number of hydrogen-bond acceptors (Lipinski definition) is 4. The fraction of sp³-hybridized carbons (Fsp3) is 0.409. The Morgan fingerprint density at radius 2 is 2.00 bits per heavy atom. The van der Waals surface area contributed by atoms with Gasteiger partial charge >= 0.3 is 0 Å². The van der Waals surface area contributed by atoms with Gasteiger partial charge in [0.15, 0.2) is 0 Å². The van der Waals surface area contributed by atoms with Crippen LogP contribution in [0.5, 0.6) is 0 Å². The quantitative estimate of drug-likeness (QED) is 0.675. The van der Waals surface area contributed by atoms with E-state index in [-0.39, 0.29) is 25.0 Å². The third-order valence-corrected chi connectivity index (χ3v) is 6.05. The average molecular weight is 396 g/mol. The summed E-state index contributed by atoms with van der Waals surface area (Å²) in [5.74, 6) is -3.36. The van der Waals surface area contributed by atoms with E-state index >= 15 is 0 Å². The predicted molar refractivity (Wildman–Crippen MR) is 106 cm³/mol. The van der Waals surface area contributed by atoms with Crippen molar-refractivity contribution in [2.75, 3.05) is 13.6 Å². The van der Waals surface area contributed by atoms with Crippen LogP contribution >= 0.6 is 0 Å². The molecule has 2 aliphatic rings. The number of ketones is 1. The largest absolute Gasteiger partial charge is 0.299 e. The molecule has 2 aromatic heterocycles. The van der Waals surface area contributed by atoms with Gasteiger partial charge in [-0.05, 0) is 30.1 Å². The Morgan fingerprint density at radius 3 is 2.79 bits per heavy atom. The lowest BCUT2D eigenvalue weighted by Gasteiger charge is -2.33. The van der Waals surface area contributed by atoms with Crippen LogP contribution in [0, 0.1) is 5.92 Å². The maximum absolute atomic E-state index is 13.0. The van der Waals surface area contributed by atoms with Crippen molar-refractivity contribution in [3.63, 3.8) is 0 Å². The number of carbonyl (C=O) groups excluding carboxylic acids is 1. The van der Waals surface area contributed by atoms with E-state index in [0.717, 1.165) is 41.5 Å². The molecular formula is C22H22F2N4O. The molecule has 29 heavy (non-hydrogen) atoms. The third-order valence-electron chi connectivity index (χ3n) is 6.05. The number of carbonyl (C=O) groups is 1. The summed E-state index contributed by atoms with van der Waals surface area (Å²) in [6, 6.07) is 8.08. The zero-order valence-corrected chi connectivity index (χ0v) is 16.2. The molecule has 1 fully saturated rings. The Balaban J connectivity index is 1.42. The number of pyridine rings is 1. The number of likely N-dealkylation sites (N-methyl/N-ethyl adjacent to an activating group) is 1. The van der Waals surface area contributed by atoms with Crippen LogP contribution in [-0.4, -0.2) is 45.0 Å². The summed E-state index contributed by atoms with van der Waals surface area (Å²) in [6.07, 6.45) is 3.11. The molecule has 0 bridgehead atoms. The summed E-state index contributed by atoms with van der Waals surface area (Å²) >= 11 is 0. The van der Waals surface area contributed by atoms with Crippen LogP contribution in [0.15, 0.2) is 36.7 Å². The van der Waals surface area contributed by atoms with E-state index in [0.29, 0.717) is 5.69 Å². The lowest BCUT2D eigenvalue weighted by molar-refractivity contribution is -0.147. The van der Waals surface area contributed by atoms with Gasteiger partial charge in [-0.1, -0.05) is 12.1 Å². The van der Waals surface area contributed by atoms with Crippen molar-refractivity contribution in [1.82, 2.24) is 19.7 Å². The number of alkyl halides is 2. The number of fused-ring (bicyclic) bond motifs is 2. The summed E-state index contributed by atoms with van der Waals surface area (Å²) in [6.45, 7) is 2.73. The van der Waals surface area contributed by atoms with Gasteiger partial charge in [0.2, 0.25) is 5.92 Å². The van der Waals surface area contributed by atoms with E-state index in [9.17, 15) is 13.6 Å². The summed E-state index contributed by atoms with van der Waals surface area (Å²) in [5.41, 5.74) is 4.03. The third kappa shape index (κ3) is 3.44. The molecule has 3 heterocycles. The second-order valence-corrected chi connectivity index (χ2v) is 8.31. The molecule has 0 N–H and O–H groups in total. The van der Waals surface area contributed by atoms with Crippen LogP contribution in [0.4, 0.5) is 8.78 Å². The second kappa shape index (κ2) is 6.69. The van der Waals surface area contributed by atoms with Crippen molar-refractivity contribution < 1.29 is 13.6 Å². The molecule has 5 rings (SSSR count). The smallest absolute Gasteiger partial charge is 0.249 e. The summed E-state index contributed by atoms with van der Waals surface area (Å²) in [7, 11) is 2.10. The number of halogens is 2.